The van der Waals surface area contributed by atoms with Crippen LogP contribution in [0.15, 0.2) is 30.3 Å². The summed E-state index contributed by atoms with van der Waals surface area (Å²) in [4.78, 5) is 14.7. The van der Waals surface area contributed by atoms with Crippen LogP contribution in [0.5, 0.6) is 0 Å². The fraction of sp³-hybridized carbons (Fsp3) is 0.588. The van der Waals surface area contributed by atoms with E-state index >= 15 is 0 Å². The normalized spacial score (nSPS) is 19.4. The Morgan fingerprint density at radius 2 is 1.91 bits per heavy atom. The highest BCUT2D eigenvalue weighted by atomic mass is 35.5. The molecule has 0 amide bonds. The van der Waals surface area contributed by atoms with Gasteiger partial charge in [0.15, 0.2) is 5.78 Å². The molecule has 22 heavy (non-hydrogen) atoms. The van der Waals surface area contributed by atoms with E-state index in [9.17, 15) is 4.79 Å². The van der Waals surface area contributed by atoms with Gasteiger partial charge in [0.1, 0.15) is 0 Å². The number of Topliss-reactive ketones (excluding diaryl/α,β-unsaturated/α-hetero) is 1. The van der Waals surface area contributed by atoms with Crippen LogP contribution in [0.4, 0.5) is 0 Å². The van der Waals surface area contributed by atoms with Crippen molar-refractivity contribution in [3.05, 3.63) is 35.9 Å². The van der Waals surface area contributed by atoms with Gasteiger partial charge in [-0.25, -0.2) is 0 Å². The fourth-order valence-corrected chi connectivity index (χ4v) is 2.98. The number of hydrogen-bond acceptors (Lipinski definition) is 3. The van der Waals surface area contributed by atoms with Crippen LogP contribution in [-0.4, -0.2) is 29.8 Å². The first-order valence-electron chi connectivity index (χ1n) is 7.62. The number of carbonyl (C=O) groups excluding carboxylic acids is 1. The predicted molar refractivity (Wildman–Crippen MR) is 96.8 cm³/mol. The summed E-state index contributed by atoms with van der Waals surface area (Å²) in [7, 11) is 0. The van der Waals surface area contributed by atoms with E-state index in [4.69, 9.17) is 5.73 Å². The standard InChI is InChI=1S/C17H26N2O.2ClH/c1-13(2)10-16(18)17(20)15-8-9-19(12-15)11-14-6-4-3-5-7-14;;/h3-7,13,15-16H,8-12,18H2,1-2H3;2*1H/t15?,16-;;/m0../s1. The summed E-state index contributed by atoms with van der Waals surface area (Å²) in [5, 5.41) is 0. The summed E-state index contributed by atoms with van der Waals surface area (Å²) in [5.74, 6) is 0.873. The molecular formula is C17H28Cl2N2O. The van der Waals surface area contributed by atoms with E-state index in [0.717, 1.165) is 32.5 Å². The zero-order valence-electron chi connectivity index (χ0n) is 13.4. The van der Waals surface area contributed by atoms with Crippen molar-refractivity contribution in [1.29, 1.82) is 0 Å². The number of nitrogens with zero attached hydrogens (tertiary/aromatic N) is 1. The lowest BCUT2D eigenvalue weighted by molar-refractivity contribution is -0.124. The molecule has 0 radical (unpaired) electrons. The third-order valence-electron chi connectivity index (χ3n) is 4.01. The second-order valence-electron chi connectivity index (χ2n) is 6.34. The van der Waals surface area contributed by atoms with Gasteiger partial charge in [-0.1, -0.05) is 44.2 Å². The van der Waals surface area contributed by atoms with Crippen LogP contribution in [0.1, 0.15) is 32.3 Å². The molecule has 0 aromatic heterocycles. The van der Waals surface area contributed by atoms with Gasteiger partial charge in [-0.2, -0.15) is 0 Å². The van der Waals surface area contributed by atoms with E-state index in [1.807, 2.05) is 6.07 Å². The Bertz CT molecular complexity index is 440. The minimum absolute atomic E-state index is 0. The number of carbonyl (C=O) groups is 1. The molecule has 1 saturated heterocycles. The molecule has 5 heteroatoms. The molecule has 1 aliphatic rings. The molecule has 0 bridgehead atoms. The van der Waals surface area contributed by atoms with Crippen molar-refractivity contribution in [3.63, 3.8) is 0 Å². The molecular weight excluding hydrogens is 319 g/mol. The average molecular weight is 347 g/mol. The van der Waals surface area contributed by atoms with Crippen LogP contribution >= 0.6 is 24.8 Å². The zero-order chi connectivity index (χ0) is 14.5. The summed E-state index contributed by atoms with van der Waals surface area (Å²) in [5.41, 5.74) is 7.34. The number of likely N-dealkylation sites (tertiary alicyclic amines) is 1. The Kier molecular flexibility index (Phi) is 9.94. The maximum Gasteiger partial charge on any atom is 0.153 e. The molecule has 0 spiro atoms. The van der Waals surface area contributed by atoms with Crippen molar-refractivity contribution in [2.75, 3.05) is 13.1 Å². The van der Waals surface area contributed by atoms with Crippen molar-refractivity contribution < 1.29 is 4.79 Å². The van der Waals surface area contributed by atoms with E-state index in [1.54, 1.807) is 0 Å². The minimum atomic E-state index is -0.281. The Labute approximate surface area is 146 Å². The zero-order valence-corrected chi connectivity index (χ0v) is 15.0. The van der Waals surface area contributed by atoms with Gasteiger partial charge in [-0.05, 0) is 30.9 Å². The van der Waals surface area contributed by atoms with Crippen LogP contribution in [0, 0.1) is 11.8 Å². The lowest BCUT2D eigenvalue weighted by atomic mass is 9.92. The smallest absolute Gasteiger partial charge is 0.153 e. The SMILES string of the molecule is CC(C)C[C@H](N)C(=O)C1CCN(Cc2ccccc2)C1.Cl.Cl. The molecule has 1 fully saturated rings. The highest BCUT2D eigenvalue weighted by Crippen LogP contribution is 2.21. The Hall–Kier alpha value is -0.610. The molecule has 126 valence electrons. The molecule has 0 aliphatic carbocycles. The van der Waals surface area contributed by atoms with Crippen molar-refractivity contribution in [2.45, 2.75) is 39.3 Å². The minimum Gasteiger partial charge on any atom is -0.321 e. The molecule has 2 N–H and O–H groups in total. The lowest BCUT2D eigenvalue weighted by Crippen LogP contribution is -2.37. The maximum atomic E-state index is 12.3. The van der Waals surface area contributed by atoms with Gasteiger partial charge in [0.2, 0.25) is 0 Å². The second-order valence-corrected chi connectivity index (χ2v) is 6.34. The Balaban J connectivity index is 0.00000220. The van der Waals surface area contributed by atoms with Gasteiger partial charge < -0.3 is 5.73 Å². The van der Waals surface area contributed by atoms with Crippen LogP contribution in [0.3, 0.4) is 0 Å². The first kappa shape index (κ1) is 21.4. The van der Waals surface area contributed by atoms with Crippen molar-refractivity contribution in [3.8, 4) is 0 Å². The molecule has 1 heterocycles. The highest BCUT2D eigenvalue weighted by molar-refractivity contribution is 5.86. The summed E-state index contributed by atoms with van der Waals surface area (Å²) in [6.07, 6.45) is 1.76. The third kappa shape index (κ3) is 6.25. The molecule has 1 aliphatic heterocycles. The van der Waals surface area contributed by atoms with Crippen molar-refractivity contribution in [1.82, 2.24) is 4.90 Å². The van der Waals surface area contributed by atoms with E-state index in [-0.39, 0.29) is 42.6 Å². The van der Waals surface area contributed by atoms with Gasteiger partial charge in [-0.3, -0.25) is 9.69 Å². The average Bonchev–Trinajstić information content (AvgIpc) is 2.86. The predicted octanol–water partition coefficient (Wildman–Crippen LogP) is 3.29. The number of rotatable bonds is 6. The summed E-state index contributed by atoms with van der Waals surface area (Å²) in [6.45, 7) is 7.02. The van der Waals surface area contributed by atoms with E-state index < -0.39 is 0 Å². The van der Waals surface area contributed by atoms with E-state index in [2.05, 4.69) is 43.0 Å². The monoisotopic (exact) mass is 346 g/mol. The summed E-state index contributed by atoms with van der Waals surface area (Å²) >= 11 is 0. The third-order valence-corrected chi connectivity index (χ3v) is 4.01. The van der Waals surface area contributed by atoms with Gasteiger partial charge in [0.25, 0.3) is 0 Å². The lowest BCUT2D eigenvalue weighted by Gasteiger charge is -2.18. The van der Waals surface area contributed by atoms with Gasteiger partial charge >= 0.3 is 0 Å². The Morgan fingerprint density at radius 1 is 1.27 bits per heavy atom. The number of benzene rings is 1. The molecule has 3 nitrogen and oxygen atoms in total. The van der Waals surface area contributed by atoms with Crippen LogP contribution in [-0.2, 0) is 11.3 Å². The van der Waals surface area contributed by atoms with Crippen molar-refractivity contribution >= 4 is 30.6 Å². The van der Waals surface area contributed by atoms with Gasteiger partial charge in [-0.15, -0.1) is 24.8 Å². The quantitative estimate of drug-likeness (QED) is 0.859. The fourth-order valence-electron chi connectivity index (χ4n) is 2.98. The number of nitrogens with two attached hydrogens (primary N) is 1. The number of hydrogen-bond donors (Lipinski definition) is 1. The highest BCUT2D eigenvalue weighted by Gasteiger charge is 2.31. The number of halogens is 2. The van der Waals surface area contributed by atoms with Crippen LogP contribution in [0.25, 0.3) is 0 Å². The maximum absolute atomic E-state index is 12.3. The Morgan fingerprint density at radius 3 is 2.50 bits per heavy atom. The first-order chi connectivity index (χ1) is 9.56. The largest absolute Gasteiger partial charge is 0.321 e. The summed E-state index contributed by atoms with van der Waals surface area (Å²) in [6, 6.07) is 10.2. The molecule has 1 aromatic rings. The van der Waals surface area contributed by atoms with Gasteiger partial charge in [0, 0.05) is 19.0 Å². The van der Waals surface area contributed by atoms with Crippen molar-refractivity contribution in [2.24, 2.45) is 17.6 Å². The molecule has 1 unspecified atom stereocenters. The van der Waals surface area contributed by atoms with E-state index in [0.29, 0.717) is 5.92 Å². The number of ketones is 1. The first-order valence-corrected chi connectivity index (χ1v) is 7.62. The molecule has 1 aromatic carbocycles. The van der Waals surface area contributed by atoms with Crippen LogP contribution < -0.4 is 5.73 Å². The molecule has 2 rings (SSSR count). The van der Waals surface area contributed by atoms with Crippen LogP contribution in [0.2, 0.25) is 0 Å². The van der Waals surface area contributed by atoms with Gasteiger partial charge in [0.05, 0.1) is 6.04 Å². The molecule has 0 saturated carbocycles. The molecule has 2 atom stereocenters. The van der Waals surface area contributed by atoms with E-state index in [1.165, 1.54) is 5.56 Å². The second kappa shape index (κ2) is 10.2. The topological polar surface area (TPSA) is 46.3 Å². The summed E-state index contributed by atoms with van der Waals surface area (Å²) < 4.78 is 0.